The molecule has 0 aliphatic carbocycles. The van der Waals surface area contributed by atoms with Gasteiger partial charge in [0.15, 0.2) is 0 Å². The first-order chi connectivity index (χ1) is 11.6. The van der Waals surface area contributed by atoms with Crippen LogP contribution in [0.1, 0.15) is 5.56 Å². The van der Waals surface area contributed by atoms with E-state index in [1.165, 1.54) is 5.56 Å². The Balaban J connectivity index is 1.52. The largest absolute Gasteiger partial charge is 0.362 e. The molecular weight excluding hydrogens is 372 g/mol. The van der Waals surface area contributed by atoms with Crippen molar-refractivity contribution in [1.82, 2.24) is 9.97 Å². The fourth-order valence-corrected chi connectivity index (χ4v) is 3.53. The van der Waals surface area contributed by atoms with Crippen molar-refractivity contribution in [3.05, 3.63) is 56.9 Å². The summed E-state index contributed by atoms with van der Waals surface area (Å²) in [6.45, 7) is 1.14. The molecule has 6 nitrogen and oxygen atoms in total. The molecule has 1 aliphatic rings. The molecule has 0 spiro atoms. The van der Waals surface area contributed by atoms with Crippen LogP contribution in [0.5, 0.6) is 0 Å². The molecule has 0 saturated heterocycles. The zero-order valence-electron chi connectivity index (χ0n) is 12.7. The lowest BCUT2D eigenvalue weighted by Gasteiger charge is -2.19. The number of carbonyl (C=O) groups excluding carboxylic acids is 1. The number of H-pyrrole nitrogens is 2. The molecule has 0 unspecified atom stereocenters. The van der Waals surface area contributed by atoms with Crippen LogP contribution >= 0.6 is 15.9 Å². The maximum atomic E-state index is 12.4. The van der Waals surface area contributed by atoms with E-state index in [0.717, 1.165) is 23.1 Å². The first kappa shape index (κ1) is 15.0. The van der Waals surface area contributed by atoms with Gasteiger partial charge < -0.3 is 20.2 Å². The summed E-state index contributed by atoms with van der Waals surface area (Å²) in [4.78, 5) is 31.2. The third-order valence-electron chi connectivity index (χ3n) is 4.20. The second-order valence-electron chi connectivity index (χ2n) is 5.81. The van der Waals surface area contributed by atoms with E-state index >= 15 is 0 Å². The topological polar surface area (TPSA) is 81.0 Å². The van der Waals surface area contributed by atoms with Crippen LogP contribution < -0.4 is 15.9 Å². The van der Waals surface area contributed by atoms with Gasteiger partial charge in [0.25, 0.3) is 0 Å². The highest BCUT2D eigenvalue weighted by Gasteiger charge is 2.20. The summed E-state index contributed by atoms with van der Waals surface area (Å²) in [6, 6.07) is 11.7. The molecule has 3 N–H and O–H groups in total. The Morgan fingerprint density at radius 1 is 1.21 bits per heavy atom. The van der Waals surface area contributed by atoms with Crippen molar-refractivity contribution in [2.75, 3.05) is 23.3 Å². The van der Waals surface area contributed by atoms with E-state index in [1.54, 1.807) is 12.1 Å². The predicted octanol–water partition coefficient (Wildman–Crippen LogP) is 2.62. The molecule has 2 aromatic carbocycles. The normalized spacial score (nSPS) is 13.3. The number of aromatic nitrogens is 2. The van der Waals surface area contributed by atoms with Crippen molar-refractivity contribution in [3.63, 3.8) is 0 Å². The zero-order chi connectivity index (χ0) is 16.7. The van der Waals surface area contributed by atoms with Crippen LogP contribution in [0.4, 0.5) is 11.4 Å². The number of amides is 1. The molecule has 0 bridgehead atoms. The summed E-state index contributed by atoms with van der Waals surface area (Å²) in [5.74, 6) is -0.0929. The molecule has 3 aromatic rings. The second kappa shape index (κ2) is 5.83. The number of para-hydroxylation sites is 1. The fraction of sp³-hybridized carbons (Fsp3) is 0.176. The number of imidazole rings is 1. The van der Waals surface area contributed by atoms with Gasteiger partial charge in [0.05, 0.1) is 23.3 Å². The molecule has 24 heavy (non-hydrogen) atoms. The lowest BCUT2D eigenvalue weighted by atomic mass is 10.2. The number of hydrogen-bond acceptors (Lipinski definition) is 3. The Morgan fingerprint density at radius 3 is 2.79 bits per heavy atom. The van der Waals surface area contributed by atoms with Crippen LogP contribution in [0.15, 0.2) is 45.7 Å². The summed E-state index contributed by atoms with van der Waals surface area (Å²) in [7, 11) is 0. The molecule has 4 rings (SSSR count). The maximum Gasteiger partial charge on any atom is 0.323 e. The Bertz CT molecular complexity index is 992. The number of benzene rings is 2. The average molecular weight is 387 g/mol. The van der Waals surface area contributed by atoms with E-state index in [4.69, 9.17) is 0 Å². The molecule has 122 valence electrons. The van der Waals surface area contributed by atoms with Gasteiger partial charge in [0.1, 0.15) is 0 Å². The highest BCUT2D eigenvalue weighted by molar-refractivity contribution is 9.10. The van der Waals surface area contributed by atoms with E-state index < -0.39 is 0 Å². The van der Waals surface area contributed by atoms with Gasteiger partial charge >= 0.3 is 5.69 Å². The van der Waals surface area contributed by atoms with E-state index in [0.29, 0.717) is 23.3 Å². The molecular formula is C17H15BrN4O2. The Morgan fingerprint density at radius 2 is 1.96 bits per heavy atom. The lowest BCUT2D eigenvalue weighted by molar-refractivity contribution is -0.115. The van der Waals surface area contributed by atoms with Crippen LogP contribution in [0, 0.1) is 0 Å². The van der Waals surface area contributed by atoms with Gasteiger partial charge in [-0.25, -0.2) is 4.79 Å². The number of anilines is 2. The Labute approximate surface area is 146 Å². The van der Waals surface area contributed by atoms with Crippen LogP contribution in [-0.4, -0.2) is 29.0 Å². The standard InChI is InChI=1S/C17H15BrN4O2/c18-11-7-13-14(21-17(24)20-13)8-12(11)19-16(23)9-22-6-5-10-3-1-2-4-15(10)22/h1-4,7-8H,5-6,9H2,(H,19,23)(H2,20,21,24). The molecule has 0 radical (unpaired) electrons. The Hall–Kier alpha value is -2.54. The van der Waals surface area contributed by atoms with Gasteiger partial charge in [0.2, 0.25) is 5.91 Å². The van der Waals surface area contributed by atoms with Crippen LogP contribution in [0.25, 0.3) is 11.0 Å². The number of aromatic amines is 2. The minimum atomic E-state index is -0.269. The van der Waals surface area contributed by atoms with Crippen molar-refractivity contribution in [2.24, 2.45) is 0 Å². The molecule has 0 fully saturated rings. The van der Waals surface area contributed by atoms with Crippen molar-refractivity contribution in [2.45, 2.75) is 6.42 Å². The first-order valence-electron chi connectivity index (χ1n) is 7.64. The van der Waals surface area contributed by atoms with Crippen molar-refractivity contribution < 1.29 is 4.79 Å². The van der Waals surface area contributed by atoms with Crippen LogP contribution in [-0.2, 0) is 11.2 Å². The first-order valence-corrected chi connectivity index (χ1v) is 8.44. The van der Waals surface area contributed by atoms with E-state index in [9.17, 15) is 9.59 Å². The molecule has 0 saturated carbocycles. The number of halogens is 1. The summed E-state index contributed by atoms with van der Waals surface area (Å²) in [5, 5.41) is 2.91. The van der Waals surface area contributed by atoms with Crippen molar-refractivity contribution in [1.29, 1.82) is 0 Å². The minimum Gasteiger partial charge on any atom is -0.362 e. The van der Waals surface area contributed by atoms with Gasteiger partial charge in [-0.2, -0.15) is 0 Å². The van der Waals surface area contributed by atoms with Crippen LogP contribution in [0.3, 0.4) is 0 Å². The average Bonchev–Trinajstić information content (AvgIpc) is 3.11. The van der Waals surface area contributed by atoms with Gasteiger partial charge in [-0.15, -0.1) is 0 Å². The number of hydrogen-bond donors (Lipinski definition) is 3. The third kappa shape index (κ3) is 2.71. The number of fused-ring (bicyclic) bond motifs is 2. The summed E-state index contributed by atoms with van der Waals surface area (Å²) in [5.41, 5.74) is 4.11. The van der Waals surface area contributed by atoms with Gasteiger partial charge in [0, 0.05) is 16.7 Å². The molecule has 7 heteroatoms. The lowest BCUT2D eigenvalue weighted by Crippen LogP contribution is -2.31. The highest BCUT2D eigenvalue weighted by atomic mass is 79.9. The van der Waals surface area contributed by atoms with Gasteiger partial charge in [-0.3, -0.25) is 4.79 Å². The monoisotopic (exact) mass is 386 g/mol. The van der Waals surface area contributed by atoms with Crippen molar-refractivity contribution in [3.8, 4) is 0 Å². The van der Waals surface area contributed by atoms with Crippen molar-refractivity contribution >= 4 is 44.2 Å². The number of carbonyl (C=O) groups is 1. The molecule has 1 amide bonds. The van der Waals surface area contributed by atoms with E-state index in [-0.39, 0.29) is 11.6 Å². The third-order valence-corrected chi connectivity index (χ3v) is 4.85. The number of rotatable bonds is 3. The number of nitrogens with zero attached hydrogens (tertiary/aromatic N) is 1. The fourth-order valence-electron chi connectivity index (χ4n) is 3.09. The van der Waals surface area contributed by atoms with Gasteiger partial charge in [-0.1, -0.05) is 18.2 Å². The SMILES string of the molecule is O=C(CN1CCc2ccccc21)Nc1cc2[nH]c(=O)[nH]c2cc1Br. The smallest absolute Gasteiger partial charge is 0.323 e. The summed E-state index contributed by atoms with van der Waals surface area (Å²) < 4.78 is 0.723. The maximum absolute atomic E-state index is 12.4. The molecule has 0 atom stereocenters. The van der Waals surface area contributed by atoms with E-state index in [2.05, 4.69) is 42.2 Å². The van der Waals surface area contributed by atoms with Crippen LogP contribution in [0.2, 0.25) is 0 Å². The van der Waals surface area contributed by atoms with E-state index in [1.807, 2.05) is 18.2 Å². The quantitative estimate of drug-likeness (QED) is 0.646. The highest BCUT2D eigenvalue weighted by Crippen LogP contribution is 2.28. The summed E-state index contributed by atoms with van der Waals surface area (Å²) in [6.07, 6.45) is 0.962. The zero-order valence-corrected chi connectivity index (χ0v) is 14.3. The van der Waals surface area contributed by atoms with Gasteiger partial charge in [-0.05, 0) is 46.1 Å². The second-order valence-corrected chi connectivity index (χ2v) is 6.66. The summed E-state index contributed by atoms with van der Waals surface area (Å²) >= 11 is 3.43. The Kier molecular flexibility index (Phi) is 3.65. The molecule has 1 aromatic heterocycles. The molecule has 1 aliphatic heterocycles. The number of nitrogens with one attached hydrogen (secondary N) is 3. The predicted molar refractivity (Wildman–Crippen MR) is 97.6 cm³/mol. The molecule has 2 heterocycles. The minimum absolute atomic E-state index is 0.0929.